The largest absolute Gasteiger partial charge is 0.348 e. The van der Waals surface area contributed by atoms with Gasteiger partial charge in [-0.1, -0.05) is 41.9 Å². The van der Waals surface area contributed by atoms with Gasteiger partial charge in [-0.15, -0.1) is 10.2 Å². The van der Waals surface area contributed by atoms with Gasteiger partial charge in [0.1, 0.15) is 6.04 Å². The van der Waals surface area contributed by atoms with Crippen LogP contribution < -0.4 is 27.0 Å². The van der Waals surface area contributed by atoms with E-state index in [0.717, 1.165) is 67.4 Å². The number of halogens is 1. The highest BCUT2D eigenvalue weighted by Gasteiger charge is 2.29. The van der Waals surface area contributed by atoms with Gasteiger partial charge in [0.25, 0.3) is 5.91 Å². The van der Waals surface area contributed by atoms with Crippen LogP contribution in [0.2, 0.25) is 5.02 Å². The molecule has 1 saturated heterocycles. The predicted molar refractivity (Wildman–Crippen MR) is 184 cm³/mol. The van der Waals surface area contributed by atoms with Crippen molar-refractivity contribution in [1.82, 2.24) is 36.6 Å². The summed E-state index contributed by atoms with van der Waals surface area (Å²) in [6.07, 6.45) is 4.53. The van der Waals surface area contributed by atoms with Gasteiger partial charge in [0.2, 0.25) is 17.6 Å². The van der Waals surface area contributed by atoms with Crippen LogP contribution in [0.25, 0.3) is 22.5 Å². The van der Waals surface area contributed by atoms with E-state index in [1.807, 2.05) is 30.3 Å². The van der Waals surface area contributed by atoms with Gasteiger partial charge in [-0.05, 0) is 104 Å². The normalized spacial score (nSPS) is 19.8. The van der Waals surface area contributed by atoms with Gasteiger partial charge in [0, 0.05) is 52.3 Å². The van der Waals surface area contributed by atoms with Crippen molar-refractivity contribution < 1.29 is 14.4 Å². The zero-order valence-corrected chi connectivity index (χ0v) is 27.3. The number of aromatic nitrogens is 4. The first-order valence-electron chi connectivity index (χ1n) is 16.4. The first-order chi connectivity index (χ1) is 23.4. The average molecular weight is 670 g/mol. The molecule has 2 aliphatic rings. The van der Waals surface area contributed by atoms with E-state index < -0.39 is 6.04 Å². The summed E-state index contributed by atoms with van der Waals surface area (Å²) in [5.74, 6) is 0.162. The molecule has 3 amide bonds. The summed E-state index contributed by atoms with van der Waals surface area (Å²) in [5, 5.41) is 26.7. The first-order valence-corrected chi connectivity index (χ1v) is 16.8. The van der Waals surface area contributed by atoms with Crippen molar-refractivity contribution >= 4 is 35.0 Å². The third-order valence-electron chi connectivity index (χ3n) is 9.27. The number of carbonyl (C=O) groups excluding carboxylic acids is 3. The van der Waals surface area contributed by atoms with Gasteiger partial charge in [-0.3, -0.25) is 14.4 Å². The minimum Gasteiger partial charge on any atom is -0.348 e. The Labute approximate surface area is 284 Å². The lowest BCUT2D eigenvalue weighted by Gasteiger charge is -2.28. The number of H-pyrrole nitrogens is 1. The molecule has 2 atom stereocenters. The van der Waals surface area contributed by atoms with E-state index in [1.165, 1.54) is 0 Å². The van der Waals surface area contributed by atoms with Crippen molar-refractivity contribution in [3.63, 3.8) is 0 Å². The number of amides is 3. The fourth-order valence-corrected chi connectivity index (χ4v) is 6.66. The molecule has 1 aliphatic carbocycles. The zero-order valence-electron chi connectivity index (χ0n) is 26.5. The van der Waals surface area contributed by atoms with Gasteiger partial charge in [-0.25, -0.2) is 0 Å². The van der Waals surface area contributed by atoms with Gasteiger partial charge < -0.3 is 27.0 Å². The molecular weight excluding hydrogens is 630 g/mol. The number of benzene rings is 3. The van der Waals surface area contributed by atoms with E-state index in [2.05, 4.69) is 41.9 Å². The van der Waals surface area contributed by atoms with Gasteiger partial charge >= 0.3 is 0 Å². The standard InChI is InChI=1S/C35H40ClN9O3/c36-30-18-26(34(47)40-28-15-16-38-20-28)11-14-29(30)23-5-1-21(2-6-23)17-31(41-33(46)25-7-3-22(19-37)4-8-25)35(48)39-27-12-9-24(10-13-27)32-42-44-45-43-32/h1-2,5-6,9-14,18,22,25,28,31,38H,3-4,7-8,15-17,19-20,37H2,(H,39,48)(H,40,47)(H,41,46)(H,42,43,44,45)/t22?,25?,28-,31+/m1/s1. The molecule has 0 bridgehead atoms. The number of carbonyl (C=O) groups is 3. The topological polar surface area (TPSA) is 180 Å². The summed E-state index contributed by atoms with van der Waals surface area (Å²) in [4.78, 5) is 39.7. The number of hydrogen-bond acceptors (Lipinski definition) is 8. The Morgan fingerprint density at radius 1 is 0.938 bits per heavy atom. The van der Waals surface area contributed by atoms with Crippen LogP contribution >= 0.6 is 11.6 Å². The van der Waals surface area contributed by atoms with E-state index in [-0.39, 0.29) is 29.7 Å². The number of nitrogens with zero attached hydrogens (tertiary/aromatic N) is 3. The van der Waals surface area contributed by atoms with Gasteiger partial charge in [0.15, 0.2) is 0 Å². The predicted octanol–water partition coefficient (Wildman–Crippen LogP) is 3.71. The average Bonchev–Trinajstić information content (AvgIpc) is 3.84. The molecule has 250 valence electrons. The quantitative estimate of drug-likeness (QED) is 0.140. The molecule has 0 spiro atoms. The Morgan fingerprint density at radius 2 is 1.69 bits per heavy atom. The fraction of sp³-hybridized carbons (Fsp3) is 0.371. The minimum atomic E-state index is -0.802. The Hall–Kier alpha value is -4.65. The maximum atomic E-state index is 13.6. The zero-order chi connectivity index (χ0) is 33.5. The SMILES string of the molecule is NCC1CCC(C(=O)N[C@@H](Cc2ccc(-c3ccc(C(=O)N[C@@H]4CCNC4)cc3Cl)cc2)C(=O)Nc2ccc(-c3nn[nH]n3)cc2)CC1. The third kappa shape index (κ3) is 8.25. The monoisotopic (exact) mass is 669 g/mol. The van der Waals surface area contributed by atoms with Crippen LogP contribution in [-0.2, 0) is 16.0 Å². The minimum absolute atomic E-state index is 0.116. The van der Waals surface area contributed by atoms with E-state index in [9.17, 15) is 14.4 Å². The third-order valence-corrected chi connectivity index (χ3v) is 9.58. The van der Waals surface area contributed by atoms with E-state index in [0.29, 0.717) is 41.0 Å². The van der Waals surface area contributed by atoms with Crippen LogP contribution in [0.3, 0.4) is 0 Å². The number of nitrogens with one attached hydrogen (secondary N) is 5. The molecule has 13 heteroatoms. The summed E-state index contributed by atoms with van der Waals surface area (Å²) < 4.78 is 0. The number of nitrogens with two attached hydrogens (primary N) is 1. The second-order valence-corrected chi connectivity index (χ2v) is 13.0. The van der Waals surface area contributed by atoms with Crippen LogP contribution in [0.1, 0.15) is 48.0 Å². The first kappa shape index (κ1) is 33.3. The molecule has 4 aromatic rings. The number of rotatable bonds is 11. The van der Waals surface area contributed by atoms with Crippen molar-refractivity contribution in [2.45, 2.75) is 50.6 Å². The lowest BCUT2D eigenvalue weighted by molar-refractivity contribution is -0.130. The molecular formula is C35H40ClN9O3. The summed E-state index contributed by atoms with van der Waals surface area (Å²) >= 11 is 6.64. The number of tetrazole rings is 1. The highest BCUT2D eigenvalue weighted by Crippen LogP contribution is 2.30. The maximum Gasteiger partial charge on any atom is 0.251 e. The van der Waals surface area contributed by atoms with Crippen molar-refractivity contribution in [3.8, 4) is 22.5 Å². The summed E-state index contributed by atoms with van der Waals surface area (Å²) in [5.41, 5.74) is 10.2. The highest BCUT2D eigenvalue weighted by atomic mass is 35.5. The summed E-state index contributed by atoms with van der Waals surface area (Å²) in [7, 11) is 0. The molecule has 48 heavy (non-hydrogen) atoms. The number of anilines is 1. The van der Waals surface area contributed by atoms with E-state index in [1.54, 1.807) is 36.4 Å². The lowest BCUT2D eigenvalue weighted by Crippen LogP contribution is -2.48. The number of aromatic amines is 1. The Balaban J connectivity index is 1.14. The number of hydrogen-bond donors (Lipinski definition) is 6. The van der Waals surface area contributed by atoms with Gasteiger partial charge in [-0.2, -0.15) is 5.21 Å². The Bertz CT molecular complexity index is 1700. The molecule has 1 aromatic heterocycles. The molecule has 0 unspecified atom stereocenters. The van der Waals surface area contributed by atoms with Crippen LogP contribution in [-0.4, -0.2) is 70.1 Å². The molecule has 6 rings (SSSR count). The van der Waals surface area contributed by atoms with E-state index >= 15 is 0 Å². The molecule has 7 N–H and O–H groups in total. The smallest absolute Gasteiger partial charge is 0.251 e. The van der Waals surface area contributed by atoms with Crippen LogP contribution in [0, 0.1) is 11.8 Å². The maximum absolute atomic E-state index is 13.6. The van der Waals surface area contributed by atoms with E-state index in [4.69, 9.17) is 17.3 Å². The highest BCUT2D eigenvalue weighted by molar-refractivity contribution is 6.33. The molecule has 1 aliphatic heterocycles. The molecule has 2 fully saturated rings. The molecule has 12 nitrogen and oxygen atoms in total. The van der Waals surface area contributed by atoms with Crippen LogP contribution in [0.4, 0.5) is 5.69 Å². The van der Waals surface area contributed by atoms with Crippen LogP contribution in [0.5, 0.6) is 0 Å². The second kappa shape index (κ2) is 15.5. The summed E-state index contributed by atoms with van der Waals surface area (Å²) in [6, 6.07) is 19.5. The Kier molecular flexibility index (Phi) is 10.7. The van der Waals surface area contributed by atoms with Crippen molar-refractivity contribution in [2.24, 2.45) is 17.6 Å². The van der Waals surface area contributed by atoms with Crippen molar-refractivity contribution in [2.75, 3.05) is 25.0 Å². The Morgan fingerprint density at radius 3 is 2.33 bits per heavy atom. The summed E-state index contributed by atoms with van der Waals surface area (Å²) in [6.45, 7) is 2.29. The van der Waals surface area contributed by atoms with Gasteiger partial charge in [0.05, 0.1) is 0 Å². The van der Waals surface area contributed by atoms with Crippen molar-refractivity contribution in [1.29, 1.82) is 0 Å². The molecule has 2 heterocycles. The van der Waals surface area contributed by atoms with Crippen LogP contribution in [0.15, 0.2) is 66.7 Å². The molecule has 1 saturated carbocycles. The molecule has 3 aromatic carbocycles. The molecule has 0 radical (unpaired) electrons. The fourth-order valence-electron chi connectivity index (χ4n) is 6.37. The lowest BCUT2D eigenvalue weighted by atomic mass is 9.81. The second-order valence-electron chi connectivity index (χ2n) is 12.6. The van der Waals surface area contributed by atoms with Crippen molar-refractivity contribution in [3.05, 3.63) is 82.9 Å².